The van der Waals surface area contributed by atoms with Gasteiger partial charge < -0.3 is 20.7 Å². The van der Waals surface area contributed by atoms with Gasteiger partial charge in [-0.1, -0.05) is 29.8 Å². The monoisotopic (exact) mass is 423 g/mol. The SMILES string of the molecule is CC1=C(C(=O)Nc2ccc(Cl)cc2)C(c2ccccc2OC(F)F)NC(=S)N1. The molecule has 1 amide bonds. The van der Waals surface area contributed by atoms with Crippen LogP contribution in [-0.4, -0.2) is 17.6 Å². The summed E-state index contributed by atoms with van der Waals surface area (Å²) < 4.78 is 30.3. The molecule has 1 aliphatic rings. The highest BCUT2D eigenvalue weighted by atomic mass is 35.5. The molecule has 1 unspecified atom stereocenters. The van der Waals surface area contributed by atoms with Gasteiger partial charge in [0.2, 0.25) is 0 Å². The summed E-state index contributed by atoms with van der Waals surface area (Å²) in [5.74, 6) is -0.455. The van der Waals surface area contributed by atoms with Gasteiger partial charge in [-0.05, 0) is 49.5 Å². The number of para-hydroxylation sites is 1. The van der Waals surface area contributed by atoms with Gasteiger partial charge in [-0.3, -0.25) is 4.79 Å². The summed E-state index contributed by atoms with van der Waals surface area (Å²) >= 11 is 11.0. The fourth-order valence-electron chi connectivity index (χ4n) is 2.88. The lowest BCUT2D eigenvalue weighted by Crippen LogP contribution is -2.45. The summed E-state index contributed by atoms with van der Waals surface area (Å²) in [5.41, 5.74) is 1.71. The van der Waals surface area contributed by atoms with E-state index in [1.54, 1.807) is 49.4 Å². The van der Waals surface area contributed by atoms with Crippen molar-refractivity contribution in [2.24, 2.45) is 0 Å². The van der Waals surface area contributed by atoms with E-state index in [2.05, 4.69) is 20.7 Å². The van der Waals surface area contributed by atoms with Crippen LogP contribution in [0, 0.1) is 0 Å². The lowest BCUT2D eigenvalue weighted by atomic mass is 9.94. The molecule has 5 nitrogen and oxygen atoms in total. The maximum atomic E-state index is 13.0. The van der Waals surface area contributed by atoms with Crippen molar-refractivity contribution >= 4 is 40.5 Å². The van der Waals surface area contributed by atoms with E-state index in [1.807, 2.05) is 0 Å². The third-order valence-corrected chi connectivity index (χ3v) is 4.53. The normalized spacial score (nSPS) is 16.5. The fraction of sp³-hybridized carbons (Fsp3) is 0.158. The molecule has 28 heavy (non-hydrogen) atoms. The molecule has 2 aromatic rings. The van der Waals surface area contributed by atoms with Crippen LogP contribution < -0.4 is 20.7 Å². The van der Waals surface area contributed by atoms with E-state index in [-0.39, 0.29) is 10.9 Å². The molecule has 0 saturated carbocycles. The van der Waals surface area contributed by atoms with Crippen LogP contribution in [0.5, 0.6) is 5.75 Å². The average molecular weight is 424 g/mol. The van der Waals surface area contributed by atoms with E-state index in [0.717, 1.165) is 0 Å². The summed E-state index contributed by atoms with van der Waals surface area (Å²) in [6, 6.07) is 12.1. The number of allylic oxidation sites excluding steroid dienone is 1. The van der Waals surface area contributed by atoms with Crippen molar-refractivity contribution in [1.29, 1.82) is 0 Å². The van der Waals surface area contributed by atoms with E-state index < -0.39 is 18.6 Å². The maximum absolute atomic E-state index is 13.0. The molecule has 0 bridgehead atoms. The van der Waals surface area contributed by atoms with Gasteiger partial charge in [0.25, 0.3) is 5.91 Å². The fourth-order valence-corrected chi connectivity index (χ4v) is 3.28. The highest BCUT2D eigenvalue weighted by Crippen LogP contribution is 2.34. The molecule has 0 saturated heterocycles. The van der Waals surface area contributed by atoms with Crippen molar-refractivity contribution in [2.75, 3.05) is 5.32 Å². The molecule has 1 atom stereocenters. The molecule has 9 heteroatoms. The molecule has 1 aliphatic heterocycles. The topological polar surface area (TPSA) is 62.4 Å². The molecule has 0 spiro atoms. The molecular formula is C19H16ClF2N3O2S. The number of rotatable bonds is 5. The zero-order chi connectivity index (χ0) is 20.3. The van der Waals surface area contributed by atoms with Crippen LogP contribution in [-0.2, 0) is 4.79 Å². The van der Waals surface area contributed by atoms with Crippen LogP contribution in [0.25, 0.3) is 0 Å². The molecule has 3 rings (SSSR count). The summed E-state index contributed by atoms with van der Waals surface area (Å²) in [7, 11) is 0. The minimum absolute atomic E-state index is 0.0377. The minimum Gasteiger partial charge on any atom is -0.434 e. The number of alkyl halides is 2. The minimum atomic E-state index is -2.99. The van der Waals surface area contributed by atoms with Crippen LogP contribution >= 0.6 is 23.8 Å². The Morgan fingerprint density at radius 1 is 1.21 bits per heavy atom. The number of hydrogen-bond acceptors (Lipinski definition) is 3. The molecule has 0 fully saturated rings. The molecular weight excluding hydrogens is 408 g/mol. The number of anilines is 1. The van der Waals surface area contributed by atoms with Gasteiger partial charge in [-0.25, -0.2) is 0 Å². The number of carbonyl (C=O) groups is 1. The van der Waals surface area contributed by atoms with Crippen molar-refractivity contribution in [3.63, 3.8) is 0 Å². The van der Waals surface area contributed by atoms with E-state index in [0.29, 0.717) is 27.5 Å². The molecule has 1 heterocycles. The Morgan fingerprint density at radius 2 is 1.89 bits per heavy atom. The molecule has 146 valence electrons. The Kier molecular flexibility index (Phi) is 6.11. The van der Waals surface area contributed by atoms with Crippen LogP contribution in [0.1, 0.15) is 18.5 Å². The second kappa shape index (κ2) is 8.53. The predicted octanol–water partition coefficient (Wildman–Crippen LogP) is 4.37. The summed E-state index contributed by atoms with van der Waals surface area (Å²) in [6.07, 6.45) is 0. The van der Waals surface area contributed by atoms with Gasteiger partial charge in [0.1, 0.15) is 5.75 Å². The van der Waals surface area contributed by atoms with Crippen molar-refractivity contribution < 1.29 is 18.3 Å². The number of ether oxygens (including phenoxy) is 1. The Hall–Kier alpha value is -2.71. The quantitative estimate of drug-likeness (QED) is 0.623. The molecule has 0 radical (unpaired) electrons. The molecule has 0 aromatic heterocycles. The summed E-state index contributed by atoms with van der Waals surface area (Å²) in [6.45, 7) is -1.31. The summed E-state index contributed by atoms with van der Waals surface area (Å²) in [4.78, 5) is 13.0. The third kappa shape index (κ3) is 4.58. The second-order valence-electron chi connectivity index (χ2n) is 5.95. The average Bonchev–Trinajstić information content (AvgIpc) is 2.63. The number of hydrogen-bond donors (Lipinski definition) is 3. The van der Waals surface area contributed by atoms with E-state index >= 15 is 0 Å². The maximum Gasteiger partial charge on any atom is 0.387 e. The van der Waals surface area contributed by atoms with Crippen molar-refractivity contribution in [3.8, 4) is 5.75 Å². The Labute approximate surface area is 170 Å². The number of halogens is 3. The number of thiocarbonyl (C=S) groups is 1. The van der Waals surface area contributed by atoms with Gasteiger partial charge in [-0.15, -0.1) is 0 Å². The second-order valence-corrected chi connectivity index (χ2v) is 6.79. The number of nitrogens with one attached hydrogen (secondary N) is 3. The van der Waals surface area contributed by atoms with Gasteiger partial charge in [0.05, 0.1) is 11.6 Å². The van der Waals surface area contributed by atoms with Crippen molar-refractivity contribution in [1.82, 2.24) is 10.6 Å². The van der Waals surface area contributed by atoms with Gasteiger partial charge >= 0.3 is 6.61 Å². The lowest BCUT2D eigenvalue weighted by molar-refractivity contribution is -0.113. The van der Waals surface area contributed by atoms with Gasteiger partial charge in [0.15, 0.2) is 5.11 Å². The zero-order valence-electron chi connectivity index (χ0n) is 14.6. The van der Waals surface area contributed by atoms with Crippen LogP contribution in [0.15, 0.2) is 59.8 Å². The van der Waals surface area contributed by atoms with Gasteiger partial charge in [-0.2, -0.15) is 8.78 Å². The van der Waals surface area contributed by atoms with E-state index in [4.69, 9.17) is 23.8 Å². The standard InChI is InChI=1S/C19H16ClF2N3O2S/c1-10-15(17(26)24-12-8-6-11(20)7-9-12)16(25-19(28)23-10)13-4-2-3-5-14(13)27-18(21)22/h2-9,16,18H,1H3,(H,24,26)(H2,23,25,28). The third-order valence-electron chi connectivity index (χ3n) is 4.06. The number of carbonyl (C=O) groups excluding carboxylic acids is 1. The largest absolute Gasteiger partial charge is 0.434 e. The zero-order valence-corrected chi connectivity index (χ0v) is 16.2. The first-order chi connectivity index (χ1) is 13.3. The molecule has 2 aromatic carbocycles. The number of amides is 1. The van der Waals surface area contributed by atoms with Crippen LogP contribution in [0.3, 0.4) is 0 Å². The Balaban J connectivity index is 1.97. The van der Waals surface area contributed by atoms with Crippen molar-refractivity contribution in [3.05, 3.63) is 70.4 Å². The van der Waals surface area contributed by atoms with Crippen LogP contribution in [0.2, 0.25) is 5.02 Å². The first-order valence-electron chi connectivity index (χ1n) is 8.24. The predicted molar refractivity (Wildman–Crippen MR) is 107 cm³/mol. The highest BCUT2D eigenvalue weighted by molar-refractivity contribution is 7.80. The van der Waals surface area contributed by atoms with Gasteiger partial charge in [0, 0.05) is 22.0 Å². The van der Waals surface area contributed by atoms with Crippen LogP contribution in [0.4, 0.5) is 14.5 Å². The first-order valence-corrected chi connectivity index (χ1v) is 9.02. The Morgan fingerprint density at radius 3 is 2.57 bits per heavy atom. The molecule has 3 N–H and O–H groups in total. The Bertz CT molecular complexity index is 935. The smallest absolute Gasteiger partial charge is 0.387 e. The van der Waals surface area contributed by atoms with E-state index in [9.17, 15) is 13.6 Å². The highest BCUT2D eigenvalue weighted by Gasteiger charge is 2.32. The summed E-state index contributed by atoms with van der Waals surface area (Å²) in [5, 5.41) is 9.44. The van der Waals surface area contributed by atoms with Crippen molar-refractivity contribution in [2.45, 2.75) is 19.6 Å². The van der Waals surface area contributed by atoms with E-state index in [1.165, 1.54) is 6.07 Å². The first kappa shape index (κ1) is 20.0. The molecule has 0 aliphatic carbocycles. The lowest BCUT2D eigenvalue weighted by Gasteiger charge is -2.31. The number of benzene rings is 2.